The number of rotatable bonds is 4. The quantitative estimate of drug-likeness (QED) is 0.847. The van der Waals surface area contributed by atoms with Crippen molar-refractivity contribution in [3.05, 3.63) is 35.0 Å². The molecule has 1 heterocycles. The number of benzene rings is 1. The molecule has 2 aromatic rings. The minimum atomic E-state index is -0.215. The Morgan fingerprint density at radius 1 is 1.47 bits per heavy atom. The standard InChI is InChI=1S/C13H14ClNO2/c1-2-6-17-12(16)7-9-8-15-11-5-3-4-10(14)13(9)11/h3-5,8,15H,2,6-7H2,1H3. The normalized spacial score (nSPS) is 10.7. The predicted octanol–water partition coefficient (Wildman–Crippen LogP) is 3.32. The second-order valence-electron chi connectivity index (χ2n) is 3.87. The van der Waals surface area contributed by atoms with Crippen molar-refractivity contribution < 1.29 is 9.53 Å². The van der Waals surface area contributed by atoms with Crippen LogP contribution in [-0.2, 0) is 16.0 Å². The molecule has 1 aromatic carbocycles. The van der Waals surface area contributed by atoms with Crippen LogP contribution in [0.3, 0.4) is 0 Å². The molecule has 0 aliphatic heterocycles. The van der Waals surface area contributed by atoms with Crippen molar-refractivity contribution in [2.24, 2.45) is 0 Å². The molecule has 90 valence electrons. The third kappa shape index (κ3) is 2.61. The Hall–Kier alpha value is -1.48. The summed E-state index contributed by atoms with van der Waals surface area (Å²) in [5.74, 6) is -0.215. The Balaban J connectivity index is 2.22. The first-order chi connectivity index (χ1) is 8.22. The van der Waals surface area contributed by atoms with E-state index in [0.29, 0.717) is 11.6 Å². The molecule has 1 N–H and O–H groups in total. The van der Waals surface area contributed by atoms with Crippen LogP contribution in [0.15, 0.2) is 24.4 Å². The third-order valence-electron chi connectivity index (χ3n) is 2.54. The number of H-pyrrole nitrogens is 1. The molecular formula is C13H14ClNO2. The van der Waals surface area contributed by atoms with Crippen LogP contribution in [-0.4, -0.2) is 17.6 Å². The van der Waals surface area contributed by atoms with Gasteiger partial charge in [-0.2, -0.15) is 0 Å². The van der Waals surface area contributed by atoms with E-state index < -0.39 is 0 Å². The summed E-state index contributed by atoms with van der Waals surface area (Å²) in [7, 11) is 0. The van der Waals surface area contributed by atoms with Crippen molar-refractivity contribution in [3.63, 3.8) is 0 Å². The molecule has 0 aliphatic carbocycles. The van der Waals surface area contributed by atoms with Gasteiger partial charge in [0.05, 0.1) is 18.1 Å². The van der Waals surface area contributed by atoms with E-state index in [2.05, 4.69) is 4.98 Å². The fourth-order valence-electron chi connectivity index (χ4n) is 1.77. The van der Waals surface area contributed by atoms with E-state index in [1.165, 1.54) is 0 Å². The van der Waals surface area contributed by atoms with Gasteiger partial charge in [-0.25, -0.2) is 0 Å². The zero-order valence-electron chi connectivity index (χ0n) is 9.63. The Morgan fingerprint density at radius 2 is 2.29 bits per heavy atom. The van der Waals surface area contributed by atoms with Crippen molar-refractivity contribution >= 4 is 28.5 Å². The number of aromatic nitrogens is 1. The van der Waals surface area contributed by atoms with Gasteiger partial charge in [0.15, 0.2) is 0 Å². The minimum Gasteiger partial charge on any atom is -0.465 e. The molecule has 3 nitrogen and oxygen atoms in total. The molecular weight excluding hydrogens is 238 g/mol. The lowest BCUT2D eigenvalue weighted by Gasteiger charge is -2.02. The molecule has 0 aliphatic rings. The van der Waals surface area contributed by atoms with Crippen LogP contribution < -0.4 is 0 Å². The highest BCUT2D eigenvalue weighted by Crippen LogP contribution is 2.26. The lowest BCUT2D eigenvalue weighted by molar-refractivity contribution is -0.142. The fourth-order valence-corrected chi connectivity index (χ4v) is 2.07. The molecule has 0 fully saturated rings. The SMILES string of the molecule is CCCOC(=O)Cc1c[nH]c2cccc(Cl)c12. The first-order valence-corrected chi connectivity index (χ1v) is 6.00. The lowest BCUT2D eigenvalue weighted by Crippen LogP contribution is -2.08. The van der Waals surface area contributed by atoms with Crippen LogP contribution in [0.4, 0.5) is 0 Å². The number of ether oxygens (including phenoxy) is 1. The van der Waals surface area contributed by atoms with Gasteiger partial charge in [0.25, 0.3) is 0 Å². The van der Waals surface area contributed by atoms with Crippen LogP contribution in [0.5, 0.6) is 0 Å². The summed E-state index contributed by atoms with van der Waals surface area (Å²) < 4.78 is 5.06. The van der Waals surface area contributed by atoms with Gasteiger partial charge in [-0.05, 0) is 24.1 Å². The predicted molar refractivity (Wildman–Crippen MR) is 68.3 cm³/mol. The maximum atomic E-state index is 11.5. The van der Waals surface area contributed by atoms with Crippen molar-refractivity contribution in [1.29, 1.82) is 0 Å². The number of carbonyl (C=O) groups is 1. The second kappa shape index (κ2) is 5.23. The number of esters is 1. The van der Waals surface area contributed by atoms with Gasteiger partial charge in [0.2, 0.25) is 0 Å². The number of carbonyl (C=O) groups excluding carboxylic acids is 1. The largest absolute Gasteiger partial charge is 0.465 e. The zero-order valence-corrected chi connectivity index (χ0v) is 10.4. The number of hydrogen-bond acceptors (Lipinski definition) is 2. The van der Waals surface area contributed by atoms with Gasteiger partial charge in [-0.3, -0.25) is 4.79 Å². The average Bonchev–Trinajstić information content (AvgIpc) is 2.71. The van der Waals surface area contributed by atoms with Crippen molar-refractivity contribution in [2.75, 3.05) is 6.61 Å². The van der Waals surface area contributed by atoms with Crippen molar-refractivity contribution in [3.8, 4) is 0 Å². The third-order valence-corrected chi connectivity index (χ3v) is 2.85. The van der Waals surface area contributed by atoms with Gasteiger partial charge in [-0.1, -0.05) is 24.6 Å². The number of fused-ring (bicyclic) bond motifs is 1. The molecule has 1 aromatic heterocycles. The number of nitrogens with one attached hydrogen (secondary N) is 1. The molecule has 0 saturated heterocycles. The number of halogens is 1. The highest BCUT2D eigenvalue weighted by Gasteiger charge is 2.11. The van der Waals surface area contributed by atoms with E-state index >= 15 is 0 Å². The summed E-state index contributed by atoms with van der Waals surface area (Å²) in [5.41, 5.74) is 1.82. The monoisotopic (exact) mass is 251 g/mol. The molecule has 0 bridgehead atoms. The van der Waals surface area contributed by atoms with Gasteiger partial charge in [0, 0.05) is 17.1 Å². The van der Waals surface area contributed by atoms with Crippen LogP contribution in [0.25, 0.3) is 10.9 Å². The molecule has 0 unspecified atom stereocenters. The van der Waals surface area contributed by atoms with Gasteiger partial charge in [-0.15, -0.1) is 0 Å². The fraction of sp³-hybridized carbons (Fsp3) is 0.308. The lowest BCUT2D eigenvalue weighted by atomic mass is 10.1. The average molecular weight is 252 g/mol. The molecule has 4 heteroatoms. The molecule has 0 saturated carbocycles. The Morgan fingerprint density at radius 3 is 3.06 bits per heavy atom. The maximum absolute atomic E-state index is 11.5. The van der Waals surface area contributed by atoms with Gasteiger partial charge >= 0.3 is 5.97 Å². The molecule has 0 radical (unpaired) electrons. The van der Waals surface area contributed by atoms with E-state index in [1.807, 2.05) is 31.3 Å². The summed E-state index contributed by atoms with van der Waals surface area (Å²) in [6, 6.07) is 5.63. The van der Waals surface area contributed by atoms with Crippen molar-refractivity contribution in [2.45, 2.75) is 19.8 Å². The zero-order chi connectivity index (χ0) is 12.3. The van der Waals surface area contributed by atoms with E-state index in [0.717, 1.165) is 22.9 Å². The summed E-state index contributed by atoms with van der Waals surface area (Å²) in [6.07, 6.45) is 2.90. The van der Waals surface area contributed by atoms with E-state index in [9.17, 15) is 4.79 Å². The van der Waals surface area contributed by atoms with Crippen LogP contribution in [0, 0.1) is 0 Å². The highest BCUT2D eigenvalue weighted by molar-refractivity contribution is 6.35. The summed E-state index contributed by atoms with van der Waals surface area (Å²) in [4.78, 5) is 14.6. The Kier molecular flexibility index (Phi) is 3.69. The molecule has 17 heavy (non-hydrogen) atoms. The number of aromatic amines is 1. The topological polar surface area (TPSA) is 42.1 Å². The minimum absolute atomic E-state index is 0.215. The maximum Gasteiger partial charge on any atom is 0.310 e. The van der Waals surface area contributed by atoms with Crippen LogP contribution >= 0.6 is 11.6 Å². The van der Waals surface area contributed by atoms with Crippen LogP contribution in [0.2, 0.25) is 5.02 Å². The first-order valence-electron chi connectivity index (χ1n) is 5.62. The van der Waals surface area contributed by atoms with Gasteiger partial charge in [0.1, 0.15) is 0 Å². The van der Waals surface area contributed by atoms with Crippen LogP contribution in [0.1, 0.15) is 18.9 Å². The highest BCUT2D eigenvalue weighted by atomic mass is 35.5. The van der Waals surface area contributed by atoms with Crippen molar-refractivity contribution in [1.82, 2.24) is 4.98 Å². The Labute approximate surface area is 105 Å². The molecule has 2 rings (SSSR count). The summed E-state index contributed by atoms with van der Waals surface area (Å²) in [6.45, 7) is 2.44. The van der Waals surface area contributed by atoms with E-state index in [4.69, 9.17) is 16.3 Å². The smallest absolute Gasteiger partial charge is 0.310 e. The number of hydrogen-bond donors (Lipinski definition) is 1. The molecule has 0 amide bonds. The molecule has 0 spiro atoms. The first kappa shape index (κ1) is 12.0. The van der Waals surface area contributed by atoms with E-state index in [-0.39, 0.29) is 12.4 Å². The summed E-state index contributed by atoms with van der Waals surface area (Å²) in [5, 5.41) is 1.56. The van der Waals surface area contributed by atoms with E-state index in [1.54, 1.807) is 0 Å². The Bertz CT molecular complexity index is 533. The second-order valence-corrected chi connectivity index (χ2v) is 4.28. The van der Waals surface area contributed by atoms with Gasteiger partial charge < -0.3 is 9.72 Å². The summed E-state index contributed by atoms with van der Waals surface area (Å²) >= 11 is 6.12. The molecule has 0 atom stereocenters.